The number of likely N-dealkylation sites (N-methyl/N-ethyl adjacent to an activating group) is 1. The zero-order chi connectivity index (χ0) is 15.2. The fourth-order valence-corrected chi connectivity index (χ4v) is 3.45. The van der Waals surface area contributed by atoms with E-state index in [0.29, 0.717) is 5.92 Å². The topological polar surface area (TPSA) is 29.9 Å². The van der Waals surface area contributed by atoms with Crippen LogP contribution in [0.2, 0.25) is 0 Å². The molecule has 0 spiro atoms. The Morgan fingerprint density at radius 3 is 2.52 bits per heavy atom. The summed E-state index contributed by atoms with van der Waals surface area (Å²) in [6.45, 7) is 6.18. The third kappa shape index (κ3) is 3.74. The van der Waals surface area contributed by atoms with Gasteiger partial charge in [-0.3, -0.25) is 4.68 Å². The predicted octanol–water partition coefficient (Wildman–Crippen LogP) is 3.77. The molecule has 0 saturated heterocycles. The number of rotatable bonds is 7. The summed E-state index contributed by atoms with van der Waals surface area (Å²) in [5, 5.41) is 8.02. The fourth-order valence-electron chi connectivity index (χ4n) is 2.73. The van der Waals surface area contributed by atoms with Gasteiger partial charge >= 0.3 is 0 Å². The Balaban J connectivity index is 2.31. The summed E-state index contributed by atoms with van der Waals surface area (Å²) in [5.41, 5.74) is 3.84. The highest BCUT2D eigenvalue weighted by atomic mass is 79.9. The van der Waals surface area contributed by atoms with E-state index < -0.39 is 0 Å². The summed E-state index contributed by atoms with van der Waals surface area (Å²) in [6.07, 6.45) is 1.95. The quantitative estimate of drug-likeness (QED) is 0.824. The number of hydrogen-bond donors (Lipinski definition) is 1. The lowest BCUT2D eigenvalue weighted by Gasteiger charge is -2.18. The van der Waals surface area contributed by atoms with Crippen LogP contribution >= 0.6 is 15.9 Å². The molecule has 2 rings (SSSR count). The van der Waals surface area contributed by atoms with Crippen LogP contribution in [0.25, 0.3) is 0 Å². The Kier molecular flexibility index (Phi) is 6.00. The molecule has 21 heavy (non-hydrogen) atoms. The first-order valence-electron chi connectivity index (χ1n) is 7.64. The van der Waals surface area contributed by atoms with Gasteiger partial charge in [0.2, 0.25) is 0 Å². The maximum atomic E-state index is 4.70. The van der Waals surface area contributed by atoms with E-state index in [2.05, 4.69) is 70.1 Å². The Bertz CT molecular complexity index is 563. The minimum absolute atomic E-state index is 0.458. The molecule has 0 radical (unpaired) electrons. The molecule has 1 aromatic heterocycles. The smallest absolute Gasteiger partial charge is 0.0766 e. The van der Waals surface area contributed by atoms with Crippen LogP contribution < -0.4 is 5.32 Å². The van der Waals surface area contributed by atoms with Crippen molar-refractivity contribution in [3.63, 3.8) is 0 Å². The second-order valence-corrected chi connectivity index (χ2v) is 6.04. The number of aryl methyl sites for hydroxylation is 2. The van der Waals surface area contributed by atoms with Crippen molar-refractivity contribution < 1.29 is 0 Å². The highest BCUT2D eigenvalue weighted by Crippen LogP contribution is 2.28. The monoisotopic (exact) mass is 349 g/mol. The van der Waals surface area contributed by atoms with Gasteiger partial charge in [-0.1, -0.05) is 37.3 Å². The Morgan fingerprint density at radius 1 is 1.24 bits per heavy atom. The molecule has 1 atom stereocenters. The number of nitrogens with zero attached hydrogens (tertiary/aromatic N) is 2. The van der Waals surface area contributed by atoms with Crippen molar-refractivity contribution in [2.45, 2.75) is 39.2 Å². The average Bonchev–Trinajstić information content (AvgIpc) is 2.83. The van der Waals surface area contributed by atoms with E-state index in [1.807, 2.05) is 7.05 Å². The lowest BCUT2D eigenvalue weighted by Crippen LogP contribution is -2.20. The molecule has 3 nitrogen and oxygen atoms in total. The Labute approximate surface area is 135 Å². The second-order valence-electron chi connectivity index (χ2n) is 5.25. The van der Waals surface area contributed by atoms with Crippen LogP contribution in [0.1, 0.15) is 36.7 Å². The van der Waals surface area contributed by atoms with Gasteiger partial charge in [0.05, 0.1) is 15.9 Å². The zero-order valence-electron chi connectivity index (χ0n) is 13.1. The lowest BCUT2D eigenvalue weighted by molar-refractivity contribution is 0.561. The van der Waals surface area contributed by atoms with E-state index in [1.165, 1.54) is 15.7 Å². The highest BCUT2D eigenvalue weighted by molar-refractivity contribution is 9.10. The number of hydrogen-bond acceptors (Lipinski definition) is 2. The second kappa shape index (κ2) is 7.76. The van der Waals surface area contributed by atoms with Crippen LogP contribution in [0, 0.1) is 0 Å². The minimum Gasteiger partial charge on any atom is -0.319 e. The van der Waals surface area contributed by atoms with E-state index in [-0.39, 0.29) is 0 Å². The van der Waals surface area contributed by atoms with Crippen molar-refractivity contribution in [1.29, 1.82) is 0 Å². The SMILES string of the molecule is CCc1nn(CC)c(CC(CNC)c2ccccc2)c1Br. The van der Waals surface area contributed by atoms with Gasteiger partial charge in [0.25, 0.3) is 0 Å². The molecule has 0 amide bonds. The molecule has 4 heteroatoms. The molecule has 0 fully saturated rings. The molecule has 1 unspecified atom stereocenters. The van der Waals surface area contributed by atoms with Crippen molar-refractivity contribution in [2.24, 2.45) is 0 Å². The van der Waals surface area contributed by atoms with Crippen molar-refractivity contribution in [3.05, 3.63) is 51.8 Å². The first kappa shape index (κ1) is 16.2. The molecule has 2 aromatic rings. The van der Waals surface area contributed by atoms with Crippen LogP contribution in [0.5, 0.6) is 0 Å². The largest absolute Gasteiger partial charge is 0.319 e. The minimum atomic E-state index is 0.458. The molecule has 0 aliphatic carbocycles. The Hall–Kier alpha value is -1.13. The maximum Gasteiger partial charge on any atom is 0.0766 e. The summed E-state index contributed by atoms with van der Waals surface area (Å²) in [7, 11) is 2.01. The van der Waals surface area contributed by atoms with E-state index in [9.17, 15) is 0 Å². The lowest BCUT2D eigenvalue weighted by atomic mass is 9.94. The molecule has 0 bridgehead atoms. The average molecular weight is 350 g/mol. The number of nitrogens with one attached hydrogen (secondary N) is 1. The summed E-state index contributed by atoms with van der Waals surface area (Å²) in [4.78, 5) is 0. The van der Waals surface area contributed by atoms with E-state index in [1.54, 1.807) is 0 Å². The summed E-state index contributed by atoms with van der Waals surface area (Å²) in [6, 6.07) is 10.7. The van der Waals surface area contributed by atoms with E-state index >= 15 is 0 Å². The van der Waals surface area contributed by atoms with Gasteiger partial charge in [-0.05, 0) is 48.3 Å². The molecular weight excluding hydrogens is 326 g/mol. The normalized spacial score (nSPS) is 12.6. The van der Waals surface area contributed by atoms with Gasteiger partial charge in [-0.25, -0.2) is 0 Å². The molecule has 1 heterocycles. The first-order valence-corrected chi connectivity index (χ1v) is 8.44. The number of benzene rings is 1. The molecule has 1 N–H and O–H groups in total. The van der Waals surface area contributed by atoms with Crippen LogP contribution in [-0.4, -0.2) is 23.4 Å². The Morgan fingerprint density at radius 2 is 1.95 bits per heavy atom. The van der Waals surface area contributed by atoms with Gasteiger partial charge in [-0.2, -0.15) is 5.10 Å². The third-order valence-corrected chi connectivity index (χ3v) is 4.77. The van der Waals surface area contributed by atoms with E-state index in [0.717, 1.165) is 31.6 Å². The van der Waals surface area contributed by atoms with Crippen molar-refractivity contribution in [2.75, 3.05) is 13.6 Å². The fraction of sp³-hybridized carbons (Fsp3) is 0.471. The van der Waals surface area contributed by atoms with Gasteiger partial charge < -0.3 is 5.32 Å². The molecule has 0 aliphatic heterocycles. The van der Waals surface area contributed by atoms with Crippen molar-refractivity contribution in [3.8, 4) is 0 Å². The van der Waals surface area contributed by atoms with Gasteiger partial charge in [0.15, 0.2) is 0 Å². The van der Waals surface area contributed by atoms with Crippen LogP contribution in [-0.2, 0) is 19.4 Å². The van der Waals surface area contributed by atoms with Gasteiger partial charge in [0.1, 0.15) is 0 Å². The summed E-state index contributed by atoms with van der Waals surface area (Å²) in [5.74, 6) is 0.458. The van der Waals surface area contributed by atoms with Gasteiger partial charge in [-0.15, -0.1) is 0 Å². The zero-order valence-corrected chi connectivity index (χ0v) is 14.7. The van der Waals surface area contributed by atoms with Crippen molar-refractivity contribution >= 4 is 15.9 Å². The first-order chi connectivity index (χ1) is 10.2. The van der Waals surface area contributed by atoms with Crippen LogP contribution in [0.4, 0.5) is 0 Å². The molecule has 114 valence electrons. The highest BCUT2D eigenvalue weighted by Gasteiger charge is 2.19. The summed E-state index contributed by atoms with van der Waals surface area (Å²) >= 11 is 3.75. The maximum absolute atomic E-state index is 4.70. The standard InChI is InChI=1S/C17H24BrN3/c1-4-15-17(18)16(21(5-2)20-15)11-14(12-19-3)13-9-7-6-8-10-13/h6-10,14,19H,4-5,11-12H2,1-3H3. The summed E-state index contributed by atoms with van der Waals surface area (Å²) < 4.78 is 3.32. The van der Waals surface area contributed by atoms with E-state index in [4.69, 9.17) is 5.10 Å². The molecule has 0 aliphatic rings. The number of aromatic nitrogens is 2. The van der Waals surface area contributed by atoms with Gasteiger partial charge in [0, 0.05) is 19.0 Å². The van der Waals surface area contributed by atoms with Crippen LogP contribution in [0.15, 0.2) is 34.8 Å². The molecule has 1 aromatic carbocycles. The molecule has 0 saturated carbocycles. The molecular formula is C17H24BrN3. The van der Waals surface area contributed by atoms with Crippen LogP contribution in [0.3, 0.4) is 0 Å². The predicted molar refractivity (Wildman–Crippen MR) is 91.8 cm³/mol. The third-order valence-electron chi connectivity index (χ3n) is 3.86. The van der Waals surface area contributed by atoms with Crippen molar-refractivity contribution in [1.82, 2.24) is 15.1 Å². The number of halogens is 1.